The standard InChI is InChI=1S/C17H20ClNS/c1-13-5-3-4-6-17(13)20-12-16(19-2)11-14-7-9-15(18)10-8-14/h3-10,16,19H,11-12H2,1-2H3. The van der Waals surface area contributed by atoms with Gasteiger partial charge in [0.25, 0.3) is 0 Å². The molecule has 0 spiro atoms. The van der Waals surface area contributed by atoms with Crippen LogP contribution in [0.1, 0.15) is 11.1 Å². The first kappa shape index (κ1) is 15.4. The predicted octanol–water partition coefficient (Wildman–Crippen LogP) is 4.57. The maximum atomic E-state index is 5.92. The Bertz CT molecular complexity index is 539. The Hall–Kier alpha value is -0.960. The first-order valence-electron chi connectivity index (χ1n) is 6.79. The van der Waals surface area contributed by atoms with Gasteiger partial charge in [0.2, 0.25) is 0 Å². The van der Waals surface area contributed by atoms with Gasteiger partial charge in [0.1, 0.15) is 0 Å². The molecule has 0 aliphatic carbocycles. The van der Waals surface area contributed by atoms with Crippen LogP contribution in [0.5, 0.6) is 0 Å². The lowest BCUT2D eigenvalue weighted by Crippen LogP contribution is -2.30. The van der Waals surface area contributed by atoms with E-state index in [9.17, 15) is 0 Å². The molecule has 0 radical (unpaired) electrons. The average Bonchev–Trinajstić information content (AvgIpc) is 2.47. The molecule has 0 aliphatic rings. The summed E-state index contributed by atoms with van der Waals surface area (Å²) in [4.78, 5) is 1.36. The smallest absolute Gasteiger partial charge is 0.0406 e. The van der Waals surface area contributed by atoms with Crippen molar-refractivity contribution in [1.82, 2.24) is 5.32 Å². The predicted molar refractivity (Wildman–Crippen MR) is 89.9 cm³/mol. The zero-order valence-electron chi connectivity index (χ0n) is 11.9. The van der Waals surface area contributed by atoms with Crippen molar-refractivity contribution in [3.8, 4) is 0 Å². The number of aryl methyl sites for hydroxylation is 1. The van der Waals surface area contributed by atoms with E-state index < -0.39 is 0 Å². The van der Waals surface area contributed by atoms with Gasteiger partial charge in [-0.15, -0.1) is 11.8 Å². The summed E-state index contributed by atoms with van der Waals surface area (Å²) in [5, 5.41) is 4.20. The van der Waals surface area contributed by atoms with Gasteiger partial charge >= 0.3 is 0 Å². The first-order chi connectivity index (χ1) is 9.69. The highest BCUT2D eigenvalue weighted by molar-refractivity contribution is 7.99. The van der Waals surface area contributed by atoms with E-state index in [1.807, 2.05) is 30.9 Å². The summed E-state index contributed by atoms with van der Waals surface area (Å²) in [6, 6.07) is 17.1. The van der Waals surface area contributed by atoms with Crippen LogP contribution >= 0.6 is 23.4 Å². The van der Waals surface area contributed by atoms with Gasteiger partial charge in [-0.05, 0) is 49.7 Å². The van der Waals surface area contributed by atoms with Gasteiger partial charge in [0.15, 0.2) is 0 Å². The molecule has 2 aromatic rings. The molecule has 0 saturated carbocycles. The summed E-state index contributed by atoms with van der Waals surface area (Å²) < 4.78 is 0. The number of hydrogen-bond acceptors (Lipinski definition) is 2. The van der Waals surface area contributed by atoms with Crippen molar-refractivity contribution in [2.75, 3.05) is 12.8 Å². The lowest BCUT2D eigenvalue weighted by molar-refractivity contribution is 0.617. The lowest BCUT2D eigenvalue weighted by Gasteiger charge is -2.16. The molecule has 0 heterocycles. The van der Waals surface area contributed by atoms with Gasteiger partial charge in [-0.1, -0.05) is 41.9 Å². The number of halogens is 1. The van der Waals surface area contributed by atoms with Crippen LogP contribution in [0, 0.1) is 6.92 Å². The first-order valence-corrected chi connectivity index (χ1v) is 8.15. The Kier molecular flexibility index (Phi) is 5.96. The maximum Gasteiger partial charge on any atom is 0.0406 e. The van der Waals surface area contributed by atoms with E-state index in [-0.39, 0.29) is 0 Å². The molecule has 1 unspecified atom stereocenters. The molecule has 20 heavy (non-hydrogen) atoms. The number of likely N-dealkylation sites (N-methyl/N-ethyl adjacent to an activating group) is 1. The second-order valence-electron chi connectivity index (χ2n) is 4.89. The lowest BCUT2D eigenvalue weighted by atomic mass is 10.1. The second kappa shape index (κ2) is 7.72. The van der Waals surface area contributed by atoms with E-state index >= 15 is 0 Å². The molecular weight excluding hydrogens is 286 g/mol. The van der Waals surface area contributed by atoms with Gasteiger partial charge in [0.05, 0.1) is 0 Å². The van der Waals surface area contributed by atoms with Crippen LogP contribution < -0.4 is 5.32 Å². The topological polar surface area (TPSA) is 12.0 Å². The molecule has 0 aliphatic heterocycles. The van der Waals surface area contributed by atoms with Crippen molar-refractivity contribution in [2.24, 2.45) is 0 Å². The zero-order valence-corrected chi connectivity index (χ0v) is 13.5. The average molecular weight is 306 g/mol. The minimum atomic E-state index is 0.459. The van der Waals surface area contributed by atoms with Gasteiger partial charge < -0.3 is 5.32 Å². The van der Waals surface area contributed by atoms with E-state index in [1.54, 1.807) is 0 Å². The molecule has 0 bridgehead atoms. The maximum absolute atomic E-state index is 5.92. The minimum absolute atomic E-state index is 0.459. The van der Waals surface area contributed by atoms with Crippen LogP contribution in [-0.4, -0.2) is 18.8 Å². The fourth-order valence-electron chi connectivity index (χ4n) is 2.06. The van der Waals surface area contributed by atoms with Gasteiger partial charge in [-0.2, -0.15) is 0 Å². The Morgan fingerprint density at radius 1 is 1.10 bits per heavy atom. The Balaban J connectivity index is 1.92. The molecule has 0 fully saturated rings. The molecule has 0 saturated heterocycles. The van der Waals surface area contributed by atoms with E-state index in [4.69, 9.17) is 11.6 Å². The molecule has 0 aromatic heterocycles. The van der Waals surface area contributed by atoms with Crippen molar-refractivity contribution in [1.29, 1.82) is 0 Å². The summed E-state index contributed by atoms with van der Waals surface area (Å²) >= 11 is 7.83. The molecule has 1 atom stereocenters. The normalized spacial score (nSPS) is 12.3. The Labute approximate surface area is 130 Å². The zero-order chi connectivity index (χ0) is 14.4. The van der Waals surface area contributed by atoms with Crippen molar-refractivity contribution < 1.29 is 0 Å². The van der Waals surface area contributed by atoms with E-state index in [1.165, 1.54) is 16.0 Å². The van der Waals surface area contributed by atoms with Gasteiger partial charge in [-0.25, -0.2) is 0 Å². The number of thioether (sulfide) groups is 1. The third kappa shape index (κ3) is 4.55. The summed E-state index contributed by atoms with van der Waals surface area (Å²) in [6.45, 7) is 2.16. The molecule has 2 rings (SSSR count). The fraction of sp³-hybridized carbons (Fsp3) is 0.294. The Morgan fingerprint density at radius 2 is 1.80 bits per heavy atom. The minimum Gasteiger partial charge on any atom is -0.316 e. The molecule has 2 aromatic carbocycles. The summed E-state index contributed by atoms with van der Waals surface area (Å²) in [5.41, 5.74) is 2.66. The monoisotopic (exact) mass is 305 g/mol. The highest BCUT2D eigenvalue weighted by atomic mass is 35.5. The van der Waals surface area contributed by atoms with Crippen molar-refractivity contribution >= 4 is 23.4 Å². The van der Waals surface area contributed by atoms with Crippen LogP contribution in [0.25, 0.3) is 0 Å². The summed E-state index contributed by atoms with van der Waals surface area (Å²) in [6.07, 6.45) is 1.02. The third-order valence-electron chi connectivity index (χ3n) is 3.34. The van der Waals surface area contributed by atoms with Gasteiger partial charge in [-0.3, -0.25) is 0 Å². The molecule has 1 nitrogen and oxygen atoms in total. The van der Waals surface area contributed by atoms with Crippen LogP contribution in [0.15, 0.2) is 53.4 Å². The van der Waals surface area contributed by atoms with Crippen molar-refractivity contribution in [3.05, 3.63) is 64.7 Å². The van der Waals surface area contributed by atoms with E-state index in [2.05, 4.69) is 48.6 Å². The van der Waals surface area contributed by atoms with E-state index in [0.29, 0.717) is 6.04 Å². The molecule has 0 amide bonds. The van der Waals surface area contributed by atoms with Crippen LogP contribution in [0.2, 0.25) is 5.02 Å². The third-order valence-corrected chi connectivity index (χ3v) is 4.93. The number of rotatable bonds is 6. The molecule has 1 N–H and O–H groups in total. The SMILES string of the molecule is CNC(CSc1ccccc1C)Cc1ccc(Cl)cc1. The van der Waals surface area contributed by atoms with Crippen molar-refractivity contribution in [2.45, 2.75) is 24.3 Å². The highest BCUT2D eigenvalue weighted by Crippen LogP contribution is 2.23. The number of nitrogens with one attached hydrogen (secondary N) is 1. The molecular formula is C17H20ClNS. The summed E-state index contributed by atoms with van der Waals surface area (Å²) in [7, 11) is 2.03. The Morgan fingerprint density at radius 3 is 2.45 bits per heavy atom. The highest BCUT2D eigenvalue weighted by Gasteiger charge is 2.09. The number of hydrogen-bond donors (Lipinski definition) is 1. The molecule has 3 heteroatoms. The van der Waals surface area contributed by atoms with Crippen molar-refractivity contribution in [3.63, 3.8) is 0 Å². The fourth-order valence-corrected chi connectivity index (χ4v) is 3.32. The molecule has 106 valence electrons. The quantitative estimate of drug-likeness (QED) is 0.785. The van der Waals surface area contributed by atoms with E-state index in [0.717, 1.165) is 17.2 Å². The second-order valence-corrected chi connectivity index (χ2v) is 6.39. The van der Waals surface area contributed by atoms with Crippen LogP contribution in [0.3, 0.4) is 0 Å². The number of benzene rings is 2. The van der Waals surface area contributed by atoms with Gasteiger partial charge in [0, 0.05) is 21.7 Å². The largest absolute Gasteiger partial charge is 0.316 e. The van der Waals surface area contributed by atoms with Crippen LogP contribution in [-0.2, 0) is 6.42 Å². The van der Waals surface area contributed by atoms with Crippen LogP contribution in [0.4, 0.5) is 0 Å². The summed E-state index contributed by atoms with van der Waals surface area (Å²) in [5.74, 6) is 1.06.